The molecule has 0 aliphatic heterocycles. The molecule has 2 unspecified atom stereocenters. The maximum atomic E-state index is 12.5. The second-order valence-electron chi connectivity index (χ2n) is 25.3. The summed E-state index contributed by atoms with van der Waals surface area (Å²) in [7, 11) is 0. The molecule has 3 N–H and O–H groups in total. The Kier molecular flexibility index (Phi) is 69.4. The minimum atomic E-state index is -0.842. The molecule has 82 heavy (non-hydrogen) atoms. The van der Waals surface area contributed by atoms with Gasteiger partial charge in [-0.3, -0.25) is 9.59 Å². The Morgan fingerprint density at radius 1 is 0.341 bits per heavy atom. The number of carbonyl (C=O) groups is 2. The molecule has 482 valence electrons. The molecule has 1 amide bonds. The van der Waals surface area contributed by atoms with Gasteiger partial charge >= 0.3 is 5.97 Å². The number of esters is 1. The van der Waals surface area contributed by atoms with E-state index in [4.69, 9.17) is 4.74 Å². The van der Waals surface area contributed by atoms with E-state index in [1.165, 1.54) is 321 Å². The summed E-state index contributed by atoms with van der Waals surface area (Å²) in [5, 5.41) is 23.2. The first-order valence-corrected chi connectivity index (χ1v) is 36.9. The minimum Gasteiger partial charge on any atom is -0.466 e. The molecule has 0 aromatic rings. The van der Waals surface area contributed by atoms with Crippen molar-refractivity contribution in [2.24, 2.45) is 0 Å². The summed E-state index contributed by atoms with van der Waals surface area (Å²) in [5.74, 6) is -0.0566. The van der Waals surface area contributed by atoms with Crippen LogP contribution in [-0.4, -0.2) is 47.4 Å². The molecule has 0 aliphatic carbocycles. The van der Waals surface area contributed by atoms with Crippen LogP contribution in [0.2, 0.25) is 0 Å². The van der Waals surface area contributed by atoms with E-state index >= 15 is 0 Å². The van der Waals surface area contributed by atoms with Crippen LogP contribution in [0.3, 0.4) is 0 Å². The van der Waals surface area contributed by atoms with Gasteiger partial charge in [-0.1, -0.05) is 351 Å². The predicted molar refractivity (Wildman–Crippen MR) is 361 cm³/mol. The van der Waals surface area contributed by atoms with Gasteiger partial charge in [0, 0.05) is 12.8 Å². The van der Waals surface area contributed by atoms with Gasteiger partial charge in [0.1, 0.15) is 0 Å². The number of hydrogen-bond donors (Lipinski definition) is 3. The van der Waals surface area contributed by atoms with Crippen LogP contribution >= 0.6 is 0 Å². The van der Waals surface area contributed by atoms with Crippen molar-refractivity contribution in [3.05, 3.63) is 48.6 Å². The number of amides is 1. The van der Waals surface area contributed by atoms with Crippen LogP contribution in [0.15, 0.2) is 48.6 Å². The van der Waals surface area contributed by atoms with Crippen LogP contribution < -0.4 is 5.32 Å². The largest absolute Gasteiger partial charge is 0.466 e. The molecule has 6 nitrogen and oxygen atoms in total. The van der Waals surface area contributed by atoms with Gasteiger partial charge in [-0.25, -0.2) is 0 Å². The first-order chi connectivity index (χ1) is 40.5. The number of carbonyl (C=O) groups excluding carboxylic acids is 2. The summed E-state index contributed by atoms with van der Waals surface area (Å²) in [4.78, 5) is 24.6. The molecule has 0 aromatic carbocycles. The number of nitrogens with one attached hydrogen (secondary N) is 1. The monoisotopic (exact) mass is 1150 g/mol. The van der Waals surface area contributed by atoms with Crippen molar-refractivity contribution in [1.29, 1.82) is 0 Å². The topological polar surface area (TPSA) is 95.9 Å². The first-order valence-electron chi connectivity index (χ1n) is 36.9. The standard InChI is InChI=1S/C76H143NO5/c1-3-5-7-9-11-13-15-17-19-41-44-48-52-56-60-64-68-74(79)73(72-78)77-75(80)69-65-61-57-53-49-45-42-39-37-35-33-31-29-27-25-23-21-20-22-24-26-28-30-32-34-36-38-40-43-47-51-55-59-63-67-71-82-76(81)70-66-62-58-54-50-46-18-16-14-12-10-8-6-4-2/h10,12,16,18,22,24,64,68,73-74,78-79H,3-9,11,13-15,17,19-21,23,25-63,65-67,69-72H2,1-2H3,(H,77,80)/b12-10-,18-16-,24-22-,68-64+. The third-order valence-corrected chi connectivity index (χ3v) is 17.1. The van der Waals surface area contributed by atoms with Crippen LogP contribution in [0.1, 0.15) is 399 Å². The highest BCUT2D eigenvalue weighted by Crippen LogP contribution is 2.19. The highest BCUT2D eigenvalue weighted by atomic mass is 16.5. The Bertz CT molecular complexity index is 1370. The molecule has 0 saturated carbocycles. The van der Waals surface area contributed by atoms with Gasteiger partial charge in [0.15, 0.2) is 0 Å². The van der Waals surface area contributed by atoms with Crippen molar-refractivity contribution in [3.63, 3.8) is 0 Å². The molecule has 0 aliphatic rings. The normalized spacial score (nSPS) is 12.8. The van der Waals surface area contributed by atoms with Gasteiger partial charge in [0.25, 0.3) is 0 Å². The SMILES string of the molecule is CCCC/C=C\C/C=C\CCCCCCCC(=O)OCCCCCCCCCCCCCCCC/C=C\CCCCCCCCCCCCCCCCCCCC(=O)NC(CO)C(O)/C=C/CCCCCCCCCCCCCCCC. The molecule has 0 bridgehead atoms. The number of ether oxygens (including phenoxy) is 1. The van der Waals surface area contributed by atoms with Crippen LogP contribution in [0.5, 0.6) is 0 Å². The average Bonchev–Trinajstić information content (AvgIpc) is 3.48. The Morgan fingerprint density at radius 2 is 0.622 bits per heavy atom. The molecule has 0 rings (SSSR count). The molecule has 2 atom stereocenters. The van der Waals surface area contributed by atoms with Gasteiger partial charge in [-0.2, -0.15) is 0 Å². The lowest BCUT2D eigenvalue weighted by molar-refractivity contribution is -0.143. The highest BCUT2D eigenvalue weighted by Gasteiger charge is 2.18. The van der Waals surface area contributed by atoms with Gasteiger partial charge in [0.2, 0.25) is 5.91 Å². The number of unbranched alkanes of at least 4 members (excludes halogenated alkanes) is 52. The van der Waals surface area contributed by atoms with Gasteiger partial charge in [-0.15, -0.1) is 0 Å². The molecule has 0 spiro atoms. The van der Waals surface area contributed by atoms with Crippen molar-refractivity contribution in [1.82, 2.24) is 5.32 Å². The minimum absolute atomic E-state index is 0.00540. The van der Waals surface area contributed by atoms with Gasteiger partial charge < -0.3 is 20.3 Å². The summed E-state index contributed by atoms with van der Waals surface area (Å²) in [6.45, 7) is 4.89. The summed E-state index contributed by atoms with van der Waals surface area (Å²) >= 11 is 0. The van der Waals surface area contributed by atoms with Crippen molar-refractivity contribution < 1.29 is 24.5 Å². The Morgan fingerprint density at radius 3 is 0.976 bits per heavy atom. The predicted octanol–water partition coefficient (Wildman–Crippen LogP) is 24.0. The Balaban J connectivity index is 3.36. The van der Waals surface area contributed by atoms with E-state index in [0.29, 0.717) is 19.4 Å². The fourth-order valence-corrected chi connectivity index (χ4v) is 11.4. The summed E-state index contributed by atoms with van der Waals surface area (Å²) in [5.41, 5.74) is 0. The maximum Gasteiger partial charge on any atom is 0.305 e. The highest BCUT2D eigenvalue weighted by molar-refractivity contribution is 5.76. The van der Waals surface area contributed by atoms with Crippen LogP contribution in [-0.2, 0) is 14.3 Å². The second kappa shape index (κ2) is 71.3. The molecular weight excluding hydrogens is 1010 g/mol. The lowest BCUT2D eigenvalue weighted by Gasteiger charge is -2.20. The number of hydrogen-bond acceptors (Lipinski definition) is 5. The lowest BCUT2D eigenvalue weighted by atomic mass is 10.0. The molecule has 0 radical (unpaired) electrons. The fourth-order valence-electron chi connectivity index (χ4n) is 11.4. The zero-order chi connectivity index (χ0) is 59.2. The Labute approximate surface area is 512 Å². The van der Waals surface area contributed by atoms with Crippen molar-refractivity contribution in [3.8, 4) is 0 Å². The van der Waals surface area contributed by atoms with Gasteiger partial charge in [0.05, 0.1) is 25.4 Å². The van der Waals surface area contributed by atoms with Crippen LogP contribution in [0.25, 0.3) is 0 Å². The Hall–Kier alpha value is -2.18. The molecule has 6 heteroatoms. The van der Waals surface area contributed by atoms with Crippen molar-refractivity contribution in [2.45, 2.75) is 411 Å². The van der Waals surface area contributed by atoms with E-state index in [1.807, 2.05) is 6.08 Å². The summed E-state index contributed by atoms with van der Waals surface area (Å²) in [6, 6.07) is -0.625. The zero-order valence-electron chi connectivity index (χ0n) is 55.2. The van der Waals surface area contributed by atoms with E-state index in [-0.39, 0.29) is 18.5 Å². The molecule has 0 aromatic heterocycles. The van der Waals surface area contributed by atoms with E-state index < -0.39 is 12.1 Å². The van der Waals surface area contributed by atoms with Crippen molar-refractivity contribution in [2.75, 3.05) is 13.2 Å². The summed E-state index contributed by atoms with van der Waals surface area (Å²) < 4.78 is 5.48. The first kappa shape index (κ1) is 79.8. The second-order valence-corrected chi connectivity index (χ2v) is 25.3. The molecule has 0 heterocycles. The zero-order valence-corrected chi connectivity index (χ0v) is 55.2. The molecular formula is C76H143NO5. The third-order valence-electron chi connectivity index (χ3n) is 17.1. The fraction of sp³-hybridized carbons (Fsp3) is 0.868. The number of rotatable bonds is 69. The lowest BCUT2D eigenvalue weighted by Crippen LogP contribution is -2.45. The number of aliphatic hydroxyl groups excluding tert-OH is 2. The third kappa shape index (κ3) is 67.0. The maximum absolute atomic E-state index is 12.5. The smallest absolute Gasteiger partial charge is 0.305 e. The summed E-state index contributed by atoms with van der Waals surface area (Å²) in [6.07, 6.45) is 93.6. The van der Waals surface area contributed by atoms with E-state index in [2.05, 4.69) is 55.6 Å². The van der Waals surface area contributed by atoms with E-state index in [1.54, 1.807) is 6.08 Å². The average molecular weight is 1150 g/mol. The quantitative estimate of drug-likeness (QED) is 0.0320. The van der Waals surface area contributed by atoms with Crippen LogP contribution in [0, 0.1) is 0 Å². The molecule has 0 saturated heterocycles. The van der Waals surface area contributed by atoms with Crippen LogP contribution in [0.4, 0.5) is 0 Å². The van der Waals surface area contributed by atoms with E-state index in [0.717, 1.165) is 51.4 Å². The van der Waals surface area contributed by atoms with Crippen molar-refractivity contribution >= 4 is 11.9 Å². The molecule has 0 fully saturated rings. The van der Waals surface area contributed by atoms with Gasteiger partial charge in [-0.05, 0) is 83.5 Å². The van der Waals surface area contributed by atoms with E-state index in [9.17, 15) is 19.8 Å². The number of aliphatic hydroxyl groups is 2. The number of allylic oxidation sites excluding steroid dienone is 7.